The van der Waals surface area contributed by atoms with Crippen LogP contribution >= 0.6 is 0 Å². The Morgan fingerprint density at radius 2 is 2.06 bits per heavy atom. The number of ether oxygens (including phenoxy) is 1. The van der Waals surface area contributed by atoms with Gasteiger partial charge >= 0.3 is 11.9 Å². The molecule has 1 aliphatic carbocycles. The number of esters is 1. The highest BCUT2D eigenvalue weighted by Gasteiger charge is 2.60. The van der Waals surface area contributed by atoms with E-state index in [1.807, 2.05) is 20.8 Å². The number of carbonyl (C=O) groups is 2. The van der Waals surface area contributed by atoms with Crippen LogP contribution in [0, 0.1) is 17.3 Å². The van der Waals surface area contributed by atoms with E-state index in [2.05, 4.69) is 0 Å². The molecule has 90 valence electrons. The smallest absolute Gasteiger partial charge is 0.330 e. The Hall–Kier alpha value is -1.32. The van der Waals surface area contributed by atoms with Crippen molar-refractivity contribution in [2.24, 2.45) is 17.3 Å². The molecule has 4 nitrogen and oxygen atoms in total. The highest BCUT2D eigenvalue weighted by Crippen LogP contribution is 2.58. The Balaban J connectivity index is 2.47. The fourth-order valence-corrected chi connectivity index (χ4v) is 1.94. The molecule has 2 atom stereocenters. The summed E-state index contributed by atoms with van der Waals surface area (Å²) in [5, 5.41) is 8.92. The molecule has 4 heteroatoms. The van der Waals surface area contributed by atoms with E-state index in [1.54, 1.807) is 6.08 Å². The number of carbonyl (C=O) groups excluding carboxylic acids is 1. The monoisotopic (exact) mass is 226 g/mol. The first-order valence-electron chi connectivity index (χ1n) is 5.49. The molecular weight excluding hydrogens is 208 g/mol. The average Bonchev–Trinajstić information content (AvgIpc) is 2.74. The summed E-state index contributed by atoms with van der Waals surface area (Å²) in [5.74, 6) is -1.66. The molecule has 1 saturated carbocycles. The number of allylic oxidation sites excluding steroid dienone is 1. The number of hydrogen-bond acceptors (Lipinski definition) is 3. The summed E-state index contributed by atoms with van der Waals surface area (Å²) in [6.07, 6.45) is 3.77. The standard InChI is InChI=1S/C12H18O4/c1-4-7-16-9(13)6-5-8-10(11(14)15)12(8,2)3/h5-6,8,10H,4,7H2,1-3H3,(H,14,15)/b6-5-/t8-,10-/m0/s1. The van der Waals surface area contributed by atoms with Crippen LogP contribution in [0.25, 0.3) is 0 Å². The minimum Gasteiger partial charge on any atom is -0.481 e. The normalized spacial score (nSPS) is 26.7. The second kappa shape index (κ2) is 4.68. The van der Waals surface area contributed by atoms with Crippen LogP contribution < -0.4 is 0 Å². The summed E-state index contributed by atoms with van der Waals surface area (Å²) in [4.78, 5) is 22.0. The third-order valence-electron chi connectivity index (χ3n) is 3.06. The predicted molar refractivity (Wildman–Crippen MR) is 58.8 cm³/mol. The number of hydrogen-bond donors (Lipinski definition) is 1. The summed E-state index contributed by atoms with van der Waals surface area (Å²) in [7, 11) is 0. The highest BCUT2D eigenvalue weighted by molar-refractivity contribution is 5.83. The lowest BCUT2D eigenvalue weighted by Gasteiger charge is -1.98. The molecule has 1 aliphatic rings. The molecular formula is C12H18O4. The van der Waals surface area contributed by atoms with Crippen molar-refractivity contribution >= 4 is 11.9 Å². The molecule has 0 bridgehead atoms. The van der Waals surface area contributed by atoms with Gasteiger partial charge in [-0.25, -0.2) is 4.79 Å². The molecule has 0 radical (unpaired) electrons. The van der Waals surface area contributed by atoms with Gasteiger partial charge < -0.3 is 9.84 Å². The molecule has 0 aliphatic heterocycles. The molecule has 0 spiro atoms. The van der Waals surface area contributed by atoms with Crippen LogP contribution in [0.2, 0.25) is 0 Å². The van der Waals surface area contributed by atoms with Crippen molar-refractivity contribution in [2.45, 2.75) is 27.2 Å². The van der Waals surface area contributed by atoms with Crippen molar-refractivity contribution in [3.63, 3.8) is 0 Å². The minimum absolute atomic E-state index is 0.0702. The minimum atomic E-state index is -0.804. The van der Waals surface area contributed by atoms with Crippen molar-refractivity contribution < 1.29 is 19.4 Å². The molecule has 0 saturated heterocycles. The summed E-state index contributed by atoms with van der Waals surface area (Å²) >= 11 is 0. The quantitative estimate of drug-likeness (QED) is 0.574. The topological polar surface area (TPSA) is 63.6 Å². The van der Waals surface area contributed by atoms with Gasteiger partial charge in [0.1, 0.15) is 0 Å². The second-order valence-corrected chi connectivity index (χ2v) is 4.69. The molecule has 1 N–H and O–H groups in total. The Morgan fingerprint density at radius 3 is 2.50 bits per heavy atom. The van der Waals surface area contributed by atoms with Crippen molar-refractivity contribution in [1.29, 1.82) is 0 Å². The van der Waals surface area contributed by atoms with E-state index < -0.39 is 11.9 Å². The van der Waals surface area contributed by atoms with Gasteiger partial charge in [0.2, 0.25) is 0 Å². The average molecular weight is 226 g/mol. The zero-order valence-corrected chi connectivity index (χ0v) is 9.90. The molecule has 0 amide bonds. The van der Waals surface area contributed by atoms with Crippen molar-refractivity contribution in [3.8, 4) is 0 Å². The lowest BCUT2D eigenvalue weighted by molar-refractivity contribution is -0.140. The molecule has 0 aromatic carbocycles. The first kappa shape index (κ1) is 12.7. The SMILES string of the molecule is CCCOC(=O)/C=C\[C@H]1[C@@H](C(=O)O)C1(C)C. The molecule has 16 heavy (non-hydrogen) atoms. The Kier molecular flexibility index (Phi) is 3.73. The number of rotatable bonds is 5. The first-order chi connectivity index (χ1) is 7.41. The maximum Gasteiger partial charge on any atom is 0.330 e. The van der Waals surface area contributed by atoms with Crippen LogP contribution in [0.15, 0.2) is 12.2 Å². The summed E-state index contributed by atoms with van der Waals surface area (Å²) in [6.45, 7) is 6.09. The number of carboxylic acid groups (broad SMARTS) is 1. The third-order valence-corrected chi connectivity index (χ3v) is 3.06. The highest BCUT2D eigenvalue weighted by atomic mass is 16.5. The zero-order valence-electron chi connectivity index (χ0n) is 9.90. The fraction of sp³-hybridized carbons (Fsp3) is 0.667. The molecule has 0 heterocycles. The van der Waals surface area contributed by atoms with E-state index in [4.69, 9.17) is 9.84 Å². The van der Waals surface area contributed by atoms with Gasteiger partial charge in [-0.2, -0.15) is 0 Å². The van der Waals surface area contributed by atoms with Gasteiger partial charge in [0.05, 0.1) is 12.5 Å². The Morgan fingerprint density at radius 1 is 1.44 bits per heavy atom. The Bertz CT molecular complexity index is 317. The van der Waals surface area contributed by atoms with Gasteiger partial charge in [-0.05, 0) is 17.8 Å². The molecule has 0 aromatic rings. The van der Waals surface area contributed by atoms with E-state index in [9.17, 15) is 9.59 Å². The predicted octanol–water partition coefficient (Wildman–Crippen LogP) is 1.85. The Labute approximate surface area is 95.3 Å². The number of aliphatic carboxylic acids is 1. The lowest BCUT2D eigenvalue weighted by atomic mass is 10.1. The van der Waals surface area contributed by atoms with E-state index in [0.717, 1.165) is 6.42 Å². The van der Waals surface area contributed by atoms with Gasteiger partial charge in [0, 0.05) is 6.08 Å². The van der Waals surface area contributed by atoms with E-state index in [0.29, 0.717) is 6.61 Å². The van der Waals surface area contributed by atoms with E-state index in [-0.39, 0.29) is 17.3 Å². The first-order valence-corrected chi connectivity index (χ1v) is 5.49. The molecule has 1 rings (SSSR count). The lowest BCUT2D eigenvalue weighted by Crippen LogP contribution is -2.03. The largest absolute Gasteiger partial charge is 0.481 e. The van der Waals surface area contributed by atoms with Crippen LogP contribution in [0.3, 0.4) is 0 Å². The van der Waals surface area contributed by atoms with Crippen molar-refractivity contribution in [2.75, 3.05) is 6.61 Å². The van der Waals surface area contributed by atoms with Crippen molar-refractivity contribution in [3.05, 3.63) is 12.2 Å². The zero-order chi connectivity index (χ0) is 12.3. The van der Waals surface area contributed by atoms with Crippen molar-refractivity contribution in [1.82, 2.24) is 0 Å². The summed E-state index contributed by atoms with van der Waals surface area (Å²) in [6, 6.07) is 0. The van der Waals surface area contributed by atoms with Gasteiger partial charge in [0.25, 0.3) is 0 Å². The maximum atomic E-state index is 11.2. The van der Waals surface area contributed by atoms with Crippen LogP contribution in [-0.4, -0.2) is 23.7 Å². The molecule has 1 fully saturated rings. The molecule has 0 aromatic heterocycles. The van der Waals surface area contributed by atoms with Gasteiger partial charge in [-0.3, -0.25) is 4.79 Å². The number of carboxylic acids is 1. The van der Waals surface area contributed by atoms with Gasteiger partial charge in [-0.1, -0.05) is 26.8 Å². The van der Waals surface area contributed by atoms with Crippen LogP contribution in [0.4, 0.5) is 0 Å². The summed E-state index contributed by atoms with van der Waals surface area (Å²) in [5.41, 5.74) is -0.257. The maximum absolute atomic E-state index is 11.2. The van der Waals surface area contributed by atoms with Gasteiger partial charge in [0.15, 0.2) is 0 Å². The van der Waals surface area contributed by atoms with Crippen LogP contribution in [0.5, 0.6) is 0 Å². The van der Waals surface area contributed by atoms with E-state index >= 15 is 0 Å². The van der Waals surface area contributed by atoms with Crippen LogP contribution in [-0.2, 0) is 14.3 Å². The summed E-state index contributed by atoms with van der Waals surface area (Å²) < 4.78 is 4.86. The third kappa shape index (κ3) is 2.62. The van der Waals surface area contributed by atoms with E-state index in [1.165, 1.54) is 6.08 Å². The molecule has 0 unspecified atom stereocenters. The van der Waals surface area contributed by atoms with Gasteiger partial charge in [-0.15, -0.1) is 0 Å². The van der Waals surface area contributed by atoms with Crippen LogP contribution in [0.1, 0.15) is 27.2 Å². The fourth-order valence-electron chi connectivity index (χ4n) is 1.94. The second-order valence-electron chi connectivity index (χ2n) is 4.69.